The molecular weight excluding hydrogens is 300 g/mol. The van der Waals surface area contributed by atoms with E-state index in [9.17, 15) is 9.90 Å². The van der Waals surface area contributed by atoms with E-state index in [0.717, 1.165) is 62.6 Å². The number of likely N-dealkylation sites (tertiary alicyclic amines) is 1. The highest BCUT2D eigenvalue weighted by atomic mass is 16.3. The van der Waals surface area contributed by atoms with Crippen LogP contribution in [0, 0.1) is 5.92 Å². The van der Waals surface area contributed by atoms with Gasteiger partial charge in [0.2, 0.25) is 5.91 Å². The van der Waals surface area contributed by atoms with E-state index in [-0.39, 0.29) is 5.91 Å². The van der Waals surface area contributed by atoms with Crippen molar-refractivity contribution in [2.75, 3.05) is 31.1 Å². The van der Waals surface area contributed by atoms with E-state index in [1.165, 1.54) is 18.4 Å². The zero-order valence-corrected chi connectivity index (χ0v) is 15.0. The summed E-state index contributed by atoms with van der Waals surface area (Å²) in [5, 5.41) is 10.6. The Balaban J connectivity index is 1.63. The lowest BCUT2D eigenvalue weighted by Crippen LogP contribution is -2.35. The fourth-order valence-electron chi connectivity index (χ4n) is 4.11. The SMILES string of the molecule is CC(=O)N1CCCc2cc(C(O)CCN3CCCC(C)C3)ccc21. The molecule has 1 aromatic carbocycles. The molecular formula is C20H30N2O2. The summed E-state index contributed by atoms with van der Waals surface area (Å²) < 4.78 is 0. The Kier molecular flexibility index (Phi) is 5.57. The van der Waals surface area contributed by atoms with Crippen LogP contribution in [0.4, 0.5) is 5.69 Å². The number of carbonyl (C=O) groups is 1. The largest absolute Gasteiger partial charge is 0.388 e. The summed E-state index contributed by atoms with van der Waals surface area (Å²) in [7, 11) is 0. The Morgan fingerprint density at radius 1 is 1.33 bits per heavy atom. The van der Waals surface area contributed by atoms with E-state index < -0.39 is 6.10 Å². The van der Waals surface area contributed by atoms with Gasteiger partial charge in [-0.3, -0.25) is 4.79 Å². The van der Waals surface area contributed by atoms with Crippen molar-refractivity contribution in [2.24, 2.45) is 5.92 Å². The van der Waals surface area contributed by atoms with Crippen LogP contribution in [0.5, 0.6) is 0 Å². The van der Waals surface area contributed by atoms with Gasteiger partial charge in [-0.2, -0.15) is 0 Å². The van der Waals surface area contributed by atoms with Crippen LogP contribution >= 0.6 is 0 Å². The molecule has 0 aromatic heterocycles. The number of hydrogen-bond donors (Lipinski definition) is 1. The van der Waals surface area contributed by atoms with E-state index in [0.29, 0.717) is 0 Å². The monoisotopic (exact) mass is 330 g/mol. The maximum absolute atomic E-state index is 11.8. The Morgan fingerprint density at radius 3 is 2.92 bits per heavy atom. The molecule has 0 bridgehead atoms. The topological polar surface area (TPSA) is 43.8 Å². The van der Waals surface area contributed by atoms with Crippen LogP contribution in [0.3, 0.4) is 0 Å². The third-order valence-electron chi connectivity index (χ3n) is 5.45. The van der Waals surface area contributed by atoms with Gasteiger partial charge in [0.05, 0.1) is 6.10 Å². The number of piperidine rings is 1. The number of anilines is 1. The van der Waals surface area contributed by atoms with Gasteiger partial charge in [0.25, 0.3) is 0 Å². The number of fused-ring (bicyclic) bond motifs is 1. The molecule has 2 unspecified atom stereocenters. The van der Waals surface area contributed by atoms with Crippen LogP contribution in [0.2, 0.25) is 0 Å². The van der Waals surface area contributed by atoms with Crippen LogP contribution in [0.1, 0.15) is 56.8 Å². The van der Waals surface area contributed by atoms with E-state index in [1.54, 1.807) is 6.92 Å². The molecule has 0 radical (unpaired) electrons. The Morgan fingerprint density at radius 2 is 2.17 bits per heavy atom. The van der Waals surface area contributed by atoms with Crippen molar-refractivity contribution < 1.29 is 9.90 Å². The predicted octanol–water partition coefficient (Wildman–Crippen LogP) is 3.14. The van der Waals surface area contributed by atoms with Gasteiger partial charge in [-0.15, -0.1) is 0 Å². The van der Waals surface area contributed by atoms with E-state index in [1.807, 2.05) is 17.0 Å². The summed E-state index contributed by atoms with van der Waals surface area (Å²) in [5.74, 6) is 0.876. The molecule has 24 heavy (non-hydrogen) atoms. The Bertz CT molecular complexity index is 587. The molecule has 132 valence electrons. The molecule has 4 heteroatoms. The first-order valence-electron chi connectivity index (χ1n) is 9.36. The van der Waals surface area contributed by atoms with Gasteiger partial charge in [0.1, 0.15) is 0 Å². The fourth-order valence-corrected chi connectivity index (χ4v) is 4.11. The number of carbonyl (C=O) groups excluding carboxylic acids is 1. The minimum Gasteiger partial charge on any atom is -0.388 e. The lowest BCUT2D eigenvalue weighted by atomic mass is 9.95. The van der Waals surface area contributed by atoms with Crippen LogP contribution in [-0.4, -0.2) is 42.1 Å². The van der Waals surface area contributed by atoms with Gasteiger partial charge < -0.3 is 14.9 Å². The first-order valence-corrected chi connectivity index (χ1v) is 9.36. The average Bonchev–Trinajstić information content (AvgIpc) is 2.58. The highest BCUT2D eigenvalue weighted by Crippen LogP contribution is 2.31. The summed E-state index contributed by atoms with van der Waals surface area (Å²) in [4.78, 5) is 16.1. The Labute approximate surface area is 145 Å². The van der Waals surface area contributed by atoms with Crippen LogP contribution in [0.25, 0.3) is 0 Å². The number of amides is 1. The third kappa shape index (κ3) is 3.98. The molecule has 1 fully saturated rings. The Hall–Kier alpha value is -1.39. The molecule has 0 aliphatic carbocycles. The highest BCUT2D eigenvalue weighted by Gasteiger charge is 2.22. The van der Waals surface area contributed by atoms with Crippen molar-refractivity contribution in [3.05, 3.63) is 29.3 Å². The number of nitrogens with zero attached hydrogens (tertiary/aromatic N) is 2. The van der Waals surface area contributed by atoms with Crippen molar-refractivity contribution in [3.63, 3.8) is 0 Å². The van der Waals surface area contributed by atoms with Gasteiger partial charge >= 0.3 is 0 Å². The second-order valence-electron chi connectivity index (χ2n) is 7.51. The number of aliphatic hydroxyl groups excluding tert-OH is 1. The summed E-state index contributed by atoms with van der Waals surface area (Å²) >= 11 is 0. The first kappa shape index (κ1) is 17.4. The second-order valence-corrected chi connectivity index (χ2v) is 7.51. The van der Waals surface area contributed by atoms with E-state index in [2.05, 4.69) is 17.9 Å². The predicted molar refractivity (Wildman–Crippen MR) is 97.2 cm³/mol. The molecule has 1 aromatic rings. The highest BCUT2D eigenvalue weighted by molar-refractivity contribution is 5.92. The molecule has 2 heterocycles. The standard InChI is InChI=1S/C20H30N2O2/c1-15-5-3-10-21(14-15)12-9-20(24)18-7-8-19-17(13-18)6-4-11-22(19)16(2)23/h7-8,13,15,20,24H,3-6,9-12,14H2,1-2H3. The zero-order valence-electron chi connectivity index (χ0n) is 15.0. The van der Waals surface area contributed by atoms with Crippen molar-refractivity contribution in [1.82, 2.24) is 4.90 Å². The second kappa shape index (κ2) is 7.66. The molecule has 1 saturated heterocycles. The summed E-state index contributed by atoms with van der Waals surface area (Å²) in [6.07, 6.45) is 4.96. The number of benzene rings is 1. The fraction of sp³-hybridized carbons (Fsp3) is 0.650. The zero-order chi connectivity index (χ0) is 17.1. The summed E-state index contributed by atoms with van der Waals surface area (Å²) in [6.45, 7) is 8.02. The van der Waals surface area contributed by atoms with E-state index >= 15 is 0 Å². The lowest BCUT2D eigenvalue weighted by Gasteiger charge is -2.32. The molecule has 3 rings (SSSR count). The molecule has 4 nitrogen and oxygen atoms in total. The molecule has 1 N–H and O–H groups in total. The molecule has 2 aliphatic heterocycles. The van der Waals surface area contributed by atoms with Crippen molar-refractivity contribution >= 4 is 11.6 Å². The van der Waals surface area contributed by atoms with Crippen LogP contribution in [0.15, 0.2) is 18.2 Å². The van der Waals surface area contributed by atoms with Gasteiger partial charge in [0, 0.05) is 32.2 Å². The van der Waals surface area contributed by atoms with Crippen LogP contribution < -0.4 is 4.90 Å². The maximum Gasteiger partial charge on any atom is 0.223 e. The summed E-state index contributed by atoms with van der Waals surface area (Å²) in [6, 6.07) is 6.11. The van der Waals surface area contributed by atoms with Gasteiger partial charge in [0.15, 0.2) is 0 Å². The van der Waals surface area contributed by atoms with Crippen molar-refractivity contribution in [3.8, 4) is 0 Å². The number of rotatable bonds is 4. The minimum atomic E-state index is -0.416. The molecule has 2 aliphatic rings. The van der Waals surface area contributed by atoms with Gasteiger partial charge in [-0.1, -0.05) is 19.1 Å². The normalized spacial score (nSPS) is 23.0. The third-order valence-corrected chi connectivity index (χ3v) is 5.45. The van der Waals surface area contributed by atoms with Gasteiger partial charge in [-0.05, 0) is 61.8 Å². The molecule has 0 saturated carbocycles. The average molecular weight is 330 g/mol. The summed E-state index contributed by atoms with van der Waals surface area (Å²) in [5.41, 5.74) is 3.21. The first-order chi connectivity index (χ1) is 11.5. The molecule has 0 spiro atoms. The van der Waals surface area contributed by atoms with Crippen LogP contribution in [-0.2, 0) is 11.2 Å². The quantitative estimate of drug-likeness (QED) is 0.922. The number of aryl methyl sites for hydroxylation is 1. The molecule has 1 amide bonds. The molecule has 2 atom stereocenters. The smallest absolute Gasteiger partial charge is 0.223 e. The van der Waals surface area contributed by atoms with Gasteiger partial charge in [-0.25, -0.2) is 0 Å². The van der Waals surface area contributed by atoms with Crippen molar-refractivity contribution in [2.45, 2.75) is 52.1 Å². The minimum absolute atomic E-state index is 0.100. The number of hydrogen-bond acceptors (Lipinski definition) is 3. The lowest BCUT2D eigenvalue weighted by molar-refractivity contribution is -0.116. The number of aliphatic hydroxyl groups is 1. The maximum atomic E-state index is 11.8. The van der Waals surface area contributed by atoms with E-state index in [4.69, 9.17) is 0 Å². The van der Waals surface area contributed by atoms with Crippen molar-refractivity contribution in [1.29, 1.82) is 0 Å².